The zero-order chi connectivity index (χ0) is 15.1. The average Bonchev–Trinajstić information content (AvgIpc) is 2.82. The van der Waals surface area contributed by atoms with Crippen LogP contribution in [0.3, 0.4) is 0 Å². The number of aliphatic hydroxyl groups is 1. The first-order valence-electron chi connectivity index (χ1n) is 5.57. The third kappa shape index (κ3) is 3.27. The van der Waals surface area contributed by atoms with Gasteiger partial charge in [0.05, 0.1) is 30.2 Å². The fourth-order valence-corrected chi connectivity index (χ4v) is 3.87. The van der Waals surface area contributed by atoms with Crippen molar-refractivity contribution in [3.63, 3.8) is 0 Å². The van der Waals surface area contributed by atoms with Crippen molar-refractivity contribution in [1.29, 1.82) is 0 Å². The zero-order valence-electron chi connectivity index (χ0n) is 10.3. The molecule has 0 spiro atoms. The van der Waals surface area contributed by atoms with Gasteiger partial charge in [-0.2, -0.15) is 18.2 Å². The Labute approximate surface area is 112 Å². The van der Waals surface area contributed by atoms with E-state index in [-0.39, 0.29) is 23.9 Å². The summed E-state index contributed by atoms with van der Waals surface area (Å²) in [7, 11) is -1.87. The molecule has 0 aromatic carbocycles. The first-order chi connectivity index (χ1) is 9.08. The SMILES string of the molecule is CN(Cc1nc(C(F)(F)F)no1)[C@H]1CS(=O)(=O)C[C@@H]1O. The largest absolute Gasteiger partial charge is 0.455 e. The second-order valence-corrected chi connectivity index (χ2v) is 6.79. The Bertz CT molecular complexity index is 586. The summed E-state index contributed by atoms with van der Waals surface area (Å²) in [6, 6.07) is -0.707. The molecule has 0 bridgehead atoms. The van der Waals surface area contributed by atoms with Crippen molar-refractivity contribution in [3.8, 4) is 0 Å². The van der Waals surface area contributed by atoms with Gasteiger partial charge in [-0.25, -0.2) is 8.42 Å². The molecule has 2 heterocycles. The lowest BCUT2D eigenvalue weighted by Gasteiger charge is -2.23. The van der Waals surface area contributed by atoms with E-state index in [1.165, 1.54) is 11.9 Å². The van der Waals surface area contributed by atoms with Gasteiger partial charge in [0.25, 0.3) is 5.82 Å². The number of hydrogen-bond acceptors (Lipinski definition) is 7. The molecule has 0 amide bonds. The second kappa shape index (κ2) is 4.97. The minimum atomic E-state index is -4.70. The number of aromatic nitrogens is 2. The molecular weight excluding hydrogens is 303 g/mol. The molecule has 0 saturated carbocycles. The Balaban J connectivity index is 2.05. The van der Waals surface area contributed by atoms with E-state index in [9.17, 15) is 26.7 Å². The van der Waals surface area contributed by atoms with E-state index in [0.717, 1.165) is 0 Å². The molecule has 1 fully saturated rings. The van der Waals surface area contributed by atoms with Gasteiger partial charge in [-0.05, 0) is 7.05 Å². The predicted octanol–water partition coefficient (Wildman–Crippen LogP) is -0.322. The highest BCUT2D eigenvalue weighted by atomic mass is 32.2. The molecule has 1 saturated heterocycles. The lowest BCUT2D eigenvalue weighted by Crippen LogP contribution is -2.40. The van der Waals surface area contributed by atoms with Crippen molar-refractivity contribution in [2.24, 2.45) is 0 Å². The van der Waals surface area contributed by atoms with Gasteiger partial charge in [0, 0.05) is 0 Å². The topological polar surface area (TPSA) is 96.5 Å². The molecule has 1 aromatic rings. The maximum absolute atomic E-state index is 12.3. The average molecular weight is 315 g/mol. The highest BCUT2D eigenvalue weighted by molar-refractivity contribution is 7.91. The van der Waals surface area contributed by atoms with Crippen LogP contribution in [-0.2, 0) is 22.6 Å². The molecule has 7 nitrogen and oxygen atoms in total. The summed E-state index contributed by atoms with van der Waals surface area (Å²) in [5.41, 5.74) is 0. The molecule has 1 N–H and O–H groups in total. The molecule has 1 aromatic heterocycles. The quantitative estimate of drug-likeness (QED) is 0.816. The fourth-order valence-electron chi connectivity index (χ4n) is 2.00. The van der Waals surface area contributed by atoms with E-state index in [0.29, 0.717) is 0 Å². The van der Waals surface area contributed by atoms with Crippen LogP contribution in [0.4, 0.5) is 13.2 Å². The van der Waals surface area contributed by atoms with Crippen molar-refractivity contribution in [2.75, 3.05) is 18.6 Å². The lowest BCUT2D eigenvalue weighted by atomic mass is 10.2. The minimum Gasteiger partial charge on any atom is -0.390 e. The molecule has 11 heteroatoms. The molecule has 0 unspecified atom stereocenters. The standard InChI is InChI=1S/C9H12F3N3O4S/c1-15(5-3-20(17,18)4-6(5)16)2-7-13-8(14-19-7)9(10,11)12/h5-6,16H,2-4H2,1H3/t5-,6-/m0/s1. The van der Waals surface area contributed by atoms with Gasteiger partial charge in [-0.1, -0.05) is 5.16 Å². The van der Waals surface area contributed by atoms with Crippen LogP contribution < -0.4 is 0 Å². The van der Waals surface area contributed by atoms with Crippen molar-refractivity contribution in [1.82, 2.24) is 15.0 Å². The van der Waals surface area contributed by atoms with E-state index >= 15 is 0 Å². The minimum absolute atomic E-state index is 0.180. The molecule has 0 radical (unpaired) electrons. The molecule has 20 heavy (non-hydrogen) atoms. The summed E-state index contributed by atoms with van der Waals surface area (Å²) in [6.45, 7) is -0.180. The summed E-state index contributed by atoms with van der Waals surface area (Å²) in [6.07, 6.45) is -5.79. The first-order valence-corrected chi connectivity index (χ1v) is 7.39. The van der Waals surface area contributed by atoms with Gasteiger partial charge >= 0.3 is 6.18 Å². The van der Waals surface area contributed by atoms with Crippen LogP contribution in [0.15, 0.2) is 4.52 Å². The maximum Gasteiger partial charge on any atom is 0.455 e. The number of likely N-dealkylation sites (N-methyl/N-ethyl adjacent to an activating group) is 1. The number of rotatable bonds is 3. The first kappa shape index (κ1) is 15.2. The summed E-state index contributed by atoms with van der Waals surface area (Å²) < 4.78 is 64.0. The number of aliphatic hydroxyl groups excluding tert-OH is 1. The van der Waals surface area contributed by atoms with Crippen molar-refractivity contribution in [3.05, 3.63) is 11.7 Å². The van der Waals surface area contributed by atoms with Crippen LogP contribution in [0, 0.1) is 0 Å². The fraction of sp³-hybridized carbons (Fsp3) is 0.778. The Kier molecular flexibility index (Phi) is 3.77. The summed E-state index contributed by atoms with van der Waals surface area (Å²) in [5.74, 6) is -2.30. The lowest BCUT2D eigenvalue weighted by molar-refractivity contribution is -0.146. The van der Waals surface area contributed by atoms with Crippen molar-refractivity contribution >= 4 is 9.84 Å². The maximum atomic E-state index is 12.3. The van der Waals surface area contributed by atoms with Gasteiger partial charge in [0.15, 0.2) is 9.84 Å². The molecule has 114 valence electrons. The number of alkyl halides is 3. The Morgan fingerprint density at radius 2 is 2.10 bits per heavy atom. The normalized spacial score (nSPS) is 26.3. The van der Waals surface area contributed by atoms with Gasteiger partial charge < -0.3 is 9.63 Å². The molecule has 1 aliphatic heterocycles. The molecule has 0 aliphatic carbocycles. The molecule has 1 aliphatic rings. The van der Waals surface area contributed by atoms with Crippen LogP contribution >= 0.6 is 0 Å². The van der Waals surface area contributed by atoms with Gasteiger partial charge in [-0.3, -0.25) is 4.90 Å². The predicted molar refractivity (Wildman–Crippen MR) is 59.2 cm³/mol. The van der Waals surface area contributed by atoms with Crippen LogP contribution in [0.2, 0.25) is 0 Å². The van der Waals surface area contributed by atoms with E-state index in [1.54, 1.807) is 0 Å². The van der Waals surface area contributed by atoms with E-state index in [1.807, 2.05) is 0 Å². The van der Waals surface area contributed by atoms with Gasteiger partial charge in [-0.15, -0.1) is 0 Å². The van der Waals surface area contributed by atoms with Crippen LogP contribution in [-0.4, -0.2) is 59.3 Å². The third-order valence-corrected chi connectivity index (χ3v) is 4.66. The number of hydrogen-bond donors (Lipinski definition) is 1. The van der Waals surface area contributed by atoms with Crippen LogP contribution in [0.5, 0.6) is 0 Å². The van der Waals surface area contributed by atoms with Crippen LogP contribution in [0.25, 0.3) is 0 Å². The molecule has 2 rings (SSSR count). The van der Waals surface area contributed by atoms with Crippen molar-refractivity contribution < 1.29 is 31.2 Å². The third-order valence-electron chi connectivity index (χ3n) is 2.97. The summed E-state index contributed by atoms with van der Waals surface area (Å²) in [5, 5.41) is 12.4. The summed E-state index contributed by atoms with van der Waals surface area (Å²) in [4.78, 5) is 4.56. The van der Waals surface area contributed by atoms with Gasteiger partial charge in [0.1, 0.15) is 0 Å². The monoisotopic (exact) mass is 315 g/mol. The number of halogens is 3. The van der Waals surface area contributed by atoms with E-state index < -0.39 is 34.0 Å². The Morgan fingerprint density at radius 1 is 1.45 bits per heavy atom. The van der Waals surface area contributed by atoms with E-state index in [4.69, 9.17) is 0 Å². The Morgan fingerprint density at radius 3 is 2.55 bits per heavy atom. The zero-order valence-corrected chi connectivity index (χ0v) is 11.1. The second-order valence-electron chi connectivity index (χ2n) is 4.64. The van der Waals surface area contributed by atoms with E-state index in [2.05, 4.69) is 14.7 Å². The van der Waals surface area contributed by atoms with Gasteiger partial charge in [0.2, 0.25) is 5.89 Å². The highest BCUT2D eigenvalue weighted by Crippen LogP contribution is 2.26. The molecular formula is C9H12F3N3O4S. The van der Waals surface area contributed by atoms with Crippen LogP contribution in [0.1, 0.15) is 11.7 Å². The highest BCUT2D eigenvalue weighted by Gasteiger charge is 2.40. The smallest absolute Gasteiger partial charge is 0.390 e. The number of sulfone groups is 1. The van der Waals surface area contributed by atoms with Crippen molar-refractivity contribution in [2.45, 2.75) is 24.9 Å². The molecule has 2 atom stereocenters. The Hall–Kier alpha value is -1.20. The number of nitrogens with zero attached hydrogens (tertiary/aromatic N) is 3. The summed E-state index contributed by atoms with van der Waals surface area (Å²) >= 11 is 0.